The summed E-state index contributed by atoms with van der Waals surface area (Å²) in [5, 5.41) is 0.147. The van der Waals surface area contributed by atoms with E-state index in [-0.39, 0.29) is 17.5 Å². The van der Waals surface area contributed by atoms with E-state index in [9.17, 15) is 9.59 Å². The summed E-state index contributed by atoms with van der Waals surface area (Å²) in [6, 6.07) is 1.75. The van der Waals surface area contributed by atoms with Crippen LogP contribution in [0.4, 0.5) is 0 Å². The number of hydrogen-bond acceptors (Lipinski definition) is 4. The summed E-state index contributed by atoms with van der Waals surface area (Å²) in [7, 11) is 1.09. The van der Waals surface area contributed by atoms with Gasteiger partial charge in [-0.1, -0.05) is 0 Å². The second-order valence-corrected chi connectivity index (χ2v) is 7.49. The number of aryl methyl sites for hydroxylation is 1. The van der Waals surface area contributed by atoms with Crippen molar-refractivity contribution in [1.82, 2.24) is 18.7 Å². The van der Waals surface area contributed by atoms with Gasteiger partial charge in [-0.3, -0.25) is 0 Å². The molecule has 0 radical (unpaired) electrons. The van der Waals surface area contributed by atoms with Gasteiger partial charge in [0.25, 0.3) is 0 Å². The van der Waals surface area contributed by atoms with E-state index in [4.69, 9.17) is 22.3 Å². The van der Waals surface area contributed by atoms with Gasteiger partial charge in [-0.15, -0.1) is 0 Å². The molecule has 142 valence electrons. The Hall–Kier alpha value is -1.19. The number of aromatic nitrogens is 4. The van der Waals surface area contributed by atoms with E-state index in [1.54, 1.807) is 16.7 Å². The number of allylic oxidation sites excluding steroid dienone is 1. The van der Waals surface area contributed by atoms with Gasteiger partial charge in [0.05, 0.1) is 0 Å². The first-order valence-corrected chi connectivity index (χ1v) is 10.8. The summed E-state index contributed by atoms with van der Waals surface area (Å²) in [6.45, 7) is 20.0. The van der Waals surface area contributed by atoms with Crippen molar-refractivity contribution in [1.29, 1.82) is 0 Å². The summed E-state index contributed by atoms with van der Waals surface area (Å²) in [5.41, 5.74) is -0.271. The van der Waals surface area contributed by atoms with Gasteiger partial charge in [0.1, 0.15) is 0 Å². The molecule has 2 aromatic heterocycles. The normalized spacial score (nSPS) is 11.2. The second kappa shape index (κ2) is 11.9. The molecule has 0 atom stereocenters. The van der Waals surface area contributed by atoms with Gasteiger partial charge in [-0.25, -0.2) is 0 Å². The van der Waals surface area contributed by atoms with Crippen LogP contribution in [0.5, 0.6) is 0 Å². The fourth-order valence-electron chi connectivity index (χ4n) is 2.76. The van der Waals surface area contributed by atoms with E-state index < -0.39 is 21.1 Å². The molecule has 2 heterocycles. The van der Waals surface area contributed by atoms with Crippen molar-refractivity contribution in [2.75, 3.05) is 6.61 Å². The number of rotatable bonds is 9. The molecule has 0 saturated carbocycles. The first-order valence-electron chi connectivity index (χ1n) is 9.20. The summed E-state index contributed by atoms with van der Waals surface area (Å²) in [5.74, 6) is 0. The molecule has 0 unspecified atom stereocenters. The fraction of sp³-hybridized carbons (Fsp3) is 0.462. The van der Waals surface area contributed by atoms with Crippen LogP contribution >= 0.6 is 21.4 Å². The van der Waals surface area contributed by atoms with E-state index >= 15 is 0 Å². The topological polar surface area (TPSA) is 71.1 Å². The zero-order chi connectivity index (χ0) is 21.4. The Balaban J connectivity index is 2.26. The van der Waals surface area contributed by atoms with Crippen molar-refractivity contribution in [3.05, 3.63) is 38.8 Å². The molecule has 0 N–H and O–H groups in total. The second-order valence-electron chi connectivity index (χ2n) is 5.99. The number of imidazole rings is 1. The van der Waals surface area contributed by atoms with Crippen LogP contribution in [0.2, 0.25) is 5.28 Å². The Morgan fingerprint density at radius 2 is 2.07 bits per heavy atom. The van der Waals surface area contributed by atoms with Gasteiger partial charge < -0.3 is 0 Å². The molecular formula is C13H18B7ClN4O3S. The minimum absolute atomic E-state index is 0.147. The maximum atomic E-state index is 13.0. The molecule has 0 amide bonds. The molecule has 0 fully saturated rings. The van der Waals surface area contributed by atoms with Crippen LogP contribution in [-0.2, 0) is 23.8 Å². The Bertz CT molecular complexity index is 1210. The molecular weight excluding hydrogens is 403 g/mol. The van der Waals surface area contributed by atoms with Gasteiger partial charge >= 0.3 is 181 Å². The first-order chi connectivity index (χ1) is 14.0. The third-order valence-electron chi connectivity index (χ3n) is 4.07. The van der Waals surface area contributed by atoms with E-state index in [1.165, 1.54) is 9.13 Å². The van der Waals surface area contributed by atoms with Crippen molar-refractivity contribution >= 4 is 79.7 Å². The third kappa shape index (κ3) is 5.92. The van der Waals surface area contributed by atoms with Crippen LogP contribution in [0.3, 0.4) is 0 Å². The van der Waals surface area contributed by atoms with Gasteiger partial charge in [-0.2, -0.15) is 0 Å². The molecule has 0 bridgehead atoms. The van der Waals surface area contributed by atoms with Crippen molar-refractivity contribution < 1.29 is 4.18 Å². The Kier molecular flexibility index (Phi) is 9.85. The van der Waals surface area contributed by atoms with E-state index in [2.05, 4.69) is 11.6 Å². The van der Waals surface area contributed by atoms with Crippen LogP contribution in [0.1, 0.15) is 13.3 Å². The maximum absolute atomic E-state index is 13.0. The van der Waals surface area contributed by atoms with E-state index in [0.29, 0.717) is 31.6 Å². The van der Waals surface area contributed by atoms with Gasteiger partial charge in [0, 0.05) is 0 Å². The molecule has 0 aliphatic carbocycles. The predicted molar refractivity (Wildman–Crippen MR) is 130 cm³/mol. The molecule has 0 spiro atoms. The van der Waals surface area contributed by atoms with Crippen molar-refractivity contribution in [3.63, 3.8) is 0 Å². The predicted octanol–water partition coefficient (Wildman–Crippen LogP) is -1.46. The fourth-order valence-corrected chi connectivity index (χ4v) is 3.63. The molecule has 0 aliphatic rings. The zero-order valence-electron chi connectivity index (χ0n) is 16.6. The van der Waals surface area contributed by atoms with Gasteiger partial charge in [0.15, 0.2) is 0 Å². The standard InChI is InChI=1S/C13H18B7ClN4O3S/c1-3-6-24-9-10(22-12(24)21)23(4-2)13(27)25(11(9)26)7-5-8-28-29(15)20-19-18-17-16-14/h3H,1,4-8,14H2,2H3. The Morgan fingerprint density at radius 3 is 2.72 bits per heavy atom. The summed E-state index contributed by atoms with van der Waals surface area (Å²) < 4.78 is 9.71. The molecule has 7 nitrogen and oxygen atoms in total. The van der Waals surface area contributed by atoms with E-state index in [1.807, 2.05) is 41.4 Å². The first kappa shape index (κ1) is 24.1. The summed E-state index contributed by atoms with van der Waals surface area (Å²) >= 11 is 6.17. The average Bonchev–Trinajstić information content (AvgIpc) is 3.01. The Labute approximate surface area is 180 Å². The number of hydrogen-bond donors (Lipinski definition) is 0. The number of halogens is 1. The summed E-state index contributed by atoms with van der Waals surface area (Å²) in [4.78, 5) is 29.9. The van der Waals surface area contributed by atoms with E-state index in [0.717, 1.165) is 0 Å². The Morgan fingerprint density at radius 1 is 1.31 bits per heavy atom. The minimum atomic E-state index is -0.832. The van der Waals surface area contributed by atoms with Crippen LogP contribution in [0.25, 0.3) is 11.2 Å². The molecule has 2 aromatic rings. The molecule has 0 aromatic carbocycles. The molecule has 29 heavy (non-hydrogen) atoms. The van der Waals surface area contributed by atoms with Crippen LogP contribution < -0.4 is 11.2 Å². The van der Waals surface area contributed by atoms with Gasteiger partial charge in [-0.05, 0) is 0 Å². The van der Waals surface area contributed by atoms with Crippen LogP contribution in [-0.4, -0.2) is 72.4 Å². The van der Waals surface area contributed by atoms with Gasteiger partial charge in [0.2, 0.25) is 0 Å². The van der Waals surface area contributed by atoms with Crippen LogP contribution in [0.15, 0.2) is 22.2 Å². The van der Waals surface area contributed by atoms with Crippen molar-refractivity contribution in [2.45, 2.75) is 33.0 Å². The summed E-state index contributed by atoms with van der Waals surface area (Å²) in [6.07, 6.45) is 2.08. The molecule has 2 rings (SSSR count). The van der Waals surface area contributed by atoms with Crippen molar-refractivity contribution in [3.8, 4) is 0 Å². The molecule has 0 saturated heterocycles. The van der Waals surface area contributed by atoms with Crippen molar-refractivity contribution in [2.24, 2.45) is 0 Å². The molecule has 0 aliphatic heterocycles. The average molecular weight is 422 g/mol. The monoisotopic (exact) mass is 422 g/mol. The SMILES string of the molecule is B#S(=BB=BB=BB)OCCCn1c(=O)c2c(nc(Cl)n2CC=C)n(CC)c1=O. The van der Waals surface area contributed by atoms with Crippen LogP contribution in [0, 0.1) is 0 Å². The third-order valence-corrected chi connectivity index (χ3v) is 5.22. The number of fused-ring (bicyclic) bond motifs is 1. The quantitative estimate of drug-likeness (QED) is 0.215. The molecule has 16 heteroatoms. The number of nitrogens with zero attached hydrogens (tertiary/aromatic N) is 4. The zero-order valence-corrected chi connectivity index (χ0v) is 18.2.